The summed E-state index contributed by atoms with van der Waals surface area (Å²) >= 11 is 0. The lowest BCUT2D eigenvalue weighted by atomic mass is 10.2. The molecular weight excluding hydrogens is 296 g/mol. The third-order valence-corrected chi connectivity index (χ3v) is 3.36. The fourth-order valence-corrected chi connectivity index (χ4v) is 2.30. The Kier molecular flexibility index (Phi) is 3.23. The van der Waals surface area contributed by atoms with E-state index < -0.39 is 0 Å². The normalized spacial score (nSPS) is 12.9. The molecule has 3 aromatic rings. The standard InChI is InChI=1S/C16H12N4O3/c21-16(12-3-2-11-15(20-12)18-6-5-17-11)19-10-1-4-13-14(9-10)23-8-7-22-13/h1-6,9H,7-8H2,(H,19,21). The number of rotatable bonds is 2. The summed E-state index contributed by atoms with van der Waals surface area (Å²) < 4.78 is 10.9. The Morgan fingerprint density at radius 2 is 1.83 bits per heavy atom. The lowest BCUT2D eigenvalue weighted by molar-refractivity contribution is 0.102. The first-order chi connectivity index (χ1) is 11.3. The Morgan fingerprint density at radius 1 is 1.00 bits per heavy atom. The lowest BCUT2D eigenvalue weighted by Crippen LogP contribution is -2.17. The molecule has 0 atom stereocenters. The van der Waals surface area contributed by atoms with Crippen LogP contribution in [0.3, 0.4) is 0 Å². The number of hydrogen-bond donors (Lipinski definition) is 1. The van der Waals surface area contributed by atoms with Crippen molar-refractivity contribution < 1.29 is 14.3 Å². The summed E-state index contributed by atoms with van der Waals surface area (Å²) in [5.41, 5.74) is 1.96. The van der Waals surface area contributed by atoms with Crippen molar-refractivity contribution >= 4 is 22.8 Å². The average molecular weight is 308 g/mol. The van der Waals surface area contributed by atoms with E-state index in [0.29, 0.717) is 41.6 Å². The van der Waals surface area contributed by atoms with Crippen LogP contribution in [-0.2, 0) is 0 Å². The highest BCUT2D eigenvalue weighted by atomic mass is 16.6. The molecule has 2 aromatic heterocycles. The van der Waals surface area contributed by atoms with E-state index in [1.807, 2.05) is 0 Å². The molecule has 0 bridgehead atoms. The summed E-state index contributed by atoms with van der Waals surface area (Å²) in [6.07, 6.45) is 3.12. The molecule has 3 heterocycles. The Morgan fingerprint density at radius 3 is 2.74 bits per heavy atom. The molecule has 1 aliphatic rings. The second kappa shape index (κ2) is 5.53. The Bertz CT molecular complexity index is 897. The lowest BCUT2D eigenvalue weighted by Gasteiger charge is -2.18. The van der Waals surface area contributed by atoms with Crippen LogP contribution >= 0.6 is 0 Å². The van der Waals surface area contributed by atoms with Crippen molar-refractivity contribution in [1.82, 2.24) is 15.0 Å². The number of benzene rings is 1. The second-order valence-corrected chi connectivity index (χ2v) is 4.91. The van der Waals surface area contributed by atoms with Crippen LogP contribution in [0.1, 0.15) is 10.5 Å². The number of pyridine rings is 1. The van der Waals surface area contributed by atoms with Gasteiger partial charge in [0.05, 0.1) is 0 Å². The van der Waals surface area contributed by atoms with E-state index in [4.69, 9.17) is 9.47 Å². The number of fused-ring (bicyclic) bond motifs is 2. The molecule has 0 aliphatic carbocycles. The van der Waals surface area contributed by atoms with Crippen LogP contribution in [0.25, 0.3) is 11.2 Å². The molecule has 0 fully saturated rings. The number of aromatic nitrogens is 3. The van der Waals surface area contributed by atoms with Crippen molar-refractivity contribution in [1.29, 1.82) is 0 Å². The minimum absolute atomic E-state index is 0.271. The quantitative estimate of drug-likeness (QED) is 0.779. The maximum absolute atomic E-state index is 12.3. The van der Waals surface area contributed by atoms with Gasteiger partial charge in [-0.25, -0.2) is 9.97 Å². The van der Waals surface area contributed by atoms with Gasteiger partial charge in [0.25, 0.3) is 5.91 Å². The minimum Gasteiger partial charge on any atom is -0.486 e. The molecular formula is C16H12N4O3. The first-order valence-corrected chi connectivity index (χ1v) is 7.08. The van der Waals surface area contributed by atoms with Gasteiger partial charge in [0.1, 0.15) is 24.4 Å². The fourth-order valence-electron chi connectivity index (χ4n) is 2.30. The van der Waals surface area contributed by atoms with Crippen LogP contribution in [0.4, 0.5) is 5.69 Å². The van der Waals surface area contributed by atoms with Gasteiger partial charge in [-0.1, -0.05) is 0 Å². The summed E-state index contributed by atoms with van der Waals surface area (Å²) in [5.74, 6) is 0.967. The van der Waals surface area contributed by atoms with Crippen LogP contribution in [0.5, 0.6) is 11.5 Å². The van der Waals surface area contributed by atoms with Gasteiger partial charge in [-0.2, -0.15) is 0 Å². The maximum Gasteiger partial charge on any atom is 0.274 e. The molecule has 0 radical (unpaired) electrons. The van der Waals surface area contributed by atoms with Crippen LogP contribution in [0.2, 0.25) is 0 Å². The highest BCUT2D eigenvalue weighted by Gasteiger charge is 2.14. The molecule has 0 spiro atoms. The number of carbonyl (C=O) groups is 1. The zero-order chi connectivity index (χ0) is 15.6. The summed E-state index contributed by atoms with van der Waals surface area (Å²) in [7, 11) is 0. The molecule has 4 rings (SSSR count). The molecule has 114 valence electrons. The monoisotopic (exact) mass is 308 g/mol. The summed E-state index contributed by atoms with van der Waals surface area (Å²) in [6, 6.07) is 8.58. The van der Waals surface area contributed by atoms with Gasteiger partial charge in [0.2, 0.25) is 0 Å². The number of anilines is 1. The largest absolute Gasteiger partial charge is 0.486 e. The average Bonchev–Trinajstić information content (AvgIpc) is 2.61. The van der Waals surface area contributed by atoms with Crippen molar-refractivity contribution in [3.63, 3.8) is 0 Å². The smallest absolute Gasteiger partial charge is 0.274 e. The maximum atomic E-state index is 12.3. The number of hydrogen-bond acceptors (Lipinski definition) is 6. The van der Waals surface area contributed by atoms with Crippen LogP contribution < -0.4 is 14.8 Å². The molecule has 0 saturated carbocycles. The molecule has 7 heteroatoms. The molecule has 0 unspecified atom stereocenters. The number of nitrogens with one attached hydrogen (secondary N) is 1. The first-order valence-electron chi connectivity index (χ1n) is 7.08. The van der Waals surface area contributed by atoms with Crippen LogP contribution in [0.15, 0.2) is 42.7 Å². The predicted molar refractivity (Wildman–Crippen MR) is 82.7 cm³/mol. The van der Waals surface area contributed by atoms with Gasteiger partial charge in [-0.15, -0.1) is 0 Å². The Balaban J connectivity index is 1.59. The molecule has 23 heavy (non-hydrogen) atoms. The van der Waals surface area contributed by atoms with Crippen LogP contribution in [-0.4, -0.2) is 34.1 Å². The fraction of sp³-hybridized carbons (Fsp3) is 0.125. The molecule has 1 aliphatic heterocycles. The van der Waals surface area contributed by atoms with Crippen molar-refractivity contribution in [3.8, 4) is 11.5 Å². The van der Waals surface area contributed by atoms with E-state index >= 15 is 0 Å². The SMILES string of the molecule is O=C(Nc1ccc2c(c1)OCCO2)c1ccc2nccnc2n1. The van der Waals surface area contributed by atoms with Gasteiger partial charge in [-0.3, -0.25) is 9.78 Å². The Hall–Kier alpha value is -3.22. The van der Waals surface area contributed by atoms with E-state index in [-0.39, 0.29) is 11.6 Å². The van der Waals surface area contributed by atoms with Gasteiger partial charge in [-0.05, 0) is 24.3 Å². The van der Waals surface area contributed by atoms with E-state index in [1.54, 1.807) is 36.5 Å². The zero-order valence-electron chi connectivity index (χ0n) is 12.0. The van der Waals surface area contributed by atoms with Gasteiger partial charge < -0.3 is 14.8 Å². The number of nitrogens with zero attached hydrogens (tertiary/aromatic N) is 3. The van der Waals surface area contributed by atoms with Gasteiger partial charge in [0.15, 0.2) is 17.1 Å². The van der Waals surface area contributed by atoms with Crippen molar-refractivity contribution in [2.45, 2.75) is 0 Å². The number of ether oxygens (including phenoxy) is 2. The minimum atomic E-state index is -0.325. The van der Waals surface area contributed by atoms with Gasteiger partial charge >= 0.3 is 0 Å². The summed E-state index contributed by atoms with van der Waals surface area (Å²) in [6.45, 7) is 1.02. The Labute approximate surface area is 131 Å². The molecule has 7 nitrogen and oxygen atoms in total. The molecule has 1 aromatic carbocycles. The van der Waals surface area contributed by atoms with Crippen molar-refractivity contribution in [3.05, 3.63) is 48.4 Å². The highest BCUT2D eigenvalue weighted by molar-refractivity contribution is 6.03. The summed E-state index contributed by atoms with van der Waals surface area (Å²) in [5, 5.41) is 2.79. The van der Waals surface area contributed by atoms with Crippen molar-refractivity contribution in [2.75, 3.05) is 18.5 Å². The van der Waals surface area contributed by atoms with E-state index in [1.165, 1.54) is 6.20 Å². The van der Waals surface area contributed by atoms with E-state index in [2.05, 4.69) is 20.3 Å². The molecule has 0 saturated heterocycles. The summed E-state index contributed by atoms with van der Waals surface area (Å²) in [4.78, 5) is 24.8. The first kappa shape index (κ1) is 13.4. The van der Waals surface area contributed by atoms with E-state index in [0.717, 1.165) is 0 Å². The topological polar surface area (TPSA) is 86.2 Å². The molecule has 1 N–H and O–H groups in total. The van der Waals surface area contributed by atoms with E-state index in [9.17, 15) is 4.79 Å². The number of carbonyl (C=O) groups excluding carboxylic acids is 1. The zero-order valence-corrected chi connectivity index (χ0v) is 12.0. The second-order valence-electron chi connectivity index (χ2n) is 4.91. The van der Waals surface area contributed by atoms with Crippen LogP contribution in [0, 0.1) is 0 Å². The number of amides is 1. The highest BCUT2D eigenvalue weighted by Crippen LogP contribution is 2.32. The molecule has 1 amide bonds. The third kappa shape index (κ3) is 2.64. The predicted octanol–water partition coefficient (Wildman–Crippen LogP) is 2.05. The third-order valence-electron chi connectivity index (χ3n) is 3.36. The van der Waals surface area contributed by atoms with Crippen molar-refractivity contribution in [2.24, 2.45) is 0 Å². The van der Waals surface area contributed by atoms with Gasteiger partial charge in [0, 0.05) is 24.1 Å².